The molecule has 3 aliphatic rings. The molecule has 2 amide bonds. The molecule has 8 nitrogen and oxygen atoms in total. The summed E-state index contributed by atoms with van der Waals surface area (Å²) in [5.41, 5.74) is 0.0309. The van der Waals surface area contributed by atoms with Crippen LogP contribution in [0.25, 0.3) is 0 Å². The Bertz CT molecular complexity index is 933. The van der Waals surface area contributed by atoms with Crippen LogP contribution in [-0.2, 0) is 9.59 Å². The number of rotatable bonds is 13. The van der Waals surface area contributed by atoms with Crippen molar-refractivity contribution in [2.24, 2.45) is 28.0 Å². The van der Waals surface area contributed by atoms with Gasteiger partial charge in [-0.15, -0.1) is 12.3 Å². The quantitative estimate of drug-likeness (QED) is 0.353. The molecule has 176 valence electrons. The Morgan fingerprint density at radius 2 is 2.03 bits per heavy atom. The normalized spacial score (nSPS) is 22.8. The molecule has 2 saturated carbocycles. The second-order valence-electron chi connectivity index (χ2n) is 9.27. The molecule has 0 bridgehead atoms. The summed E-state index contributed by atoms with van der Waals surface area (Å²) in [7, 11) is 0. The molecule has 0 aromatic carbocycles. The second-order valence-corrected chi connectivity index (χ2v) is 10.3. The van der Waals surface area contributed by atoms with Crippen molar-refractivity contribution in [3.8, 4) is 12.3 Å². The summed E-state index contributed by atoms with van der Waals surface area (Å²) >= 11 is 1.68. The van der Waals surface area contributed by atoms with Gasteiger partial charge in [-0.25, -0.2) is 9.97 Å². The zero-order chi connectivity index (χ0) is 23.4. The monoisotopic (exact) mass is 468 g/mol. The van der Waals surface area contributed by atoms with Gasteiger partial charge in [-0.05, 0) is 50.2 Å². The molecule has 9 heteroatoms. The highest BCUT2D eigenvalue weighted by Crippen LogP contribution is 2.56. The van der Waals surface area contributed by atoms with Crippen LogP contribution in [0.4, 0.5) is 5.69 Å². The second kappa shape index (κ2) is 10.2. The smallest absolute Gasteiger partial charge is 0.243 e. The first-order valence-corrected chi connectivity index (χ1v) is 13.1. The Kier molecular flexibility index (Phi) is 7.32. The summed E-state index contributed by atoms with van der Waals surface area (Å²) in [6.45, 7) is 2.38. The van der Waals surface area contributed by atoms with E-state index in [1.54, 1.807) is 36.0 Å². The summed E-state index contributed by atoms with van der Waals surface area (Å²) in [4.78, 5) is 37.3. The maximum absolute atomic E-state index is 13.6. The van der Waals surface area contributed by atoms with Crippen molar-refractivity contribution in [2.45, 2.75) is 63.6 Å². The SMILES string of the molecule is C#CCCC1(CCC(=O)N(c2cnc(C)nc2)C(C(=O)NCCSC)[C@@H]2C[C@H]2C2CC2)N=N1. The Labute approximate surface area is 199 Å². The van der Waals surface area contributed by atoms with Crippen LogP contribution >= 0.6 is 11.8 Å². The zero-order valence-electron chi connectivity index (χ0n) is 19.4. The van der Waals surface area contributed by atoms with E-state index in [1.165, 1.54) is 12.8 Å². The number of carbonyl (C=O) groups is 2. The highest BCUT2D eigenvalue weighted by Gasteiger charge is 2.55. The molecule has 1 aliphatic heterocycles. The van der Waals surface area contributed by atoms with Crippen molar-refractivity contribution in [2.75, 3.05) is 23.5 Å². The molecular weight excluding hydrogens is 436 g/mol. The van der Waals surface area contributed by atoms with Crippen molar-refractivity contribution < 1.29 is 9.59 Å². The molecule has 0 radical (unpaired) electrons. The molecule has 4 rings (SSSR count). The average molecular weight is 469 g/mol. The third-order valence-electron chi connectivity index (χ3n) is 6.78. The highest BCUT2D eigenvalue weighted by atomic mass is 32.2. The predicted molar refractivity (Wildman–Crippen MR) is 129 cm³/mol. The Hall–Kier alpha value is -2.47. The summed E-state index contributed by atoms with van der Waals surface area (Å²) in [5, 5.41) is 11.4. The number of anilines is 1. The molecule has 3 atom stereocenters. The number of nitrogens with one attached hydrogen (secondary N) is 1. The van der Waals surface area contributed by atoms with E-state index in [0.717, 1.165) is 12.2 Å². The van der Waals surface area contributed by atoms with Crippen molar-refractivity contribution in [3.63, 3.8) is 0 Å². The van der Waals surface area contributed by atoms with Gasteiger partial charge >= 0.3 is 0 Å². The number of nitrogens with zero attached hydrogens (tertiary/aromatic N) is 5. The van der Waals surface area contributed by atoms with Crippen LogP contribution in [-0.4, -0.2) is 52.0 Å². The standard InChI is InChI=1S/C24H32N6O2S/c1-4-5-9-24(28-29-24)10-8-21(31)30(18-14-26-16(2)27-15-18)22(23(32)25-11-12-33-3)20-13-19(20)17-6-7-17/h1,14-15,17,19-20,22H,5-13H2,2-3H3,(H,25,32)/t19-,20+,22?/m0/s1. The lowest BCUT2D eigenvalue weighted by Gasteiger charge is -2.31. The average Bonchev–Trinajstić information content (AvgIpc) is 3.68. The minimum absolute atomic E-state index is 0.0889. The summed E-state index contributed by atoms with van der Waals surface area (Å²) < 4.78 is 0. The highest BCUT2D eigenvalue weighted by molar-refractivity contribution is 7.98. The molecule has 1 aromatic heterocycles. The molecular formula is C24H32N6O2S. The lowest BCUT2D eigenvalue weighted by Crippen LogP contribution is -2.52. The maximum atomic E-state index is 13.6. The first-order valence-electron chi connectivity index (χ1n) is 11.7. The molecule has 0 saturated heterocycles. The van der Waals surface area contributed by atoms with Gasteiger partial charge in [0, 0.05) is 38.0 Å². The number of hydrogen-bond donors (Lipinski definition) is 1. The summed E-state index contributed by atoms with van der Waals surface area (Å²) in [6.07, 6.45) is 16.1. The van der Waals surface area contributed by atoms with Crippen molar-refractivity contribution in [1.82, 2.24) is 15.3 Å². The van der Waals surface area contributed by atoms with Gasteiger partial charge in [-0.1, -0.05) is 0 Å². The summed E-state index contributed by atoms with van der Waals surface area (Å²) in [6, 6.07) is -0.550. The van der Waals surface area contributed by atoms with Crippen LogP contribution in [0.5, 0.6) is 0 Å². The van der Waals surface area contributed by atoms with Gasteiger partial charge in [0.05, 0.1) is 18.1 Å². The van der Waals surface area contributed by atoms with Crippen LogP contribution in [0.1, 0.15) is 50.8 Å². The van der Waals surface area contributed by atoms with Gasteiger partial charge in [-0.2, -0.15) is 22.0 Å². The van der Waals surface area contributed by atoms with Crippen molar-refractivity contribution in [3.05, 3.63) is 18.2 Å². The molecule has 2 aliphatic carbocycles. The third-order valence-corrected chi connectivity index (χ3v) is 7.39. The number of thioether (sulfide) groups is 1. The Morgan fingerprint density at radius 1 is 1.30 bits per heavy atom. The van der Waals surface area contributed by atoms with Crippen LogP contribution in [0, 0.1) is 37.0 Å². The molecule has 1 N–H and O–H groups in total. The van der Waals surface area contributed by atoms with E-state index in [2.05, 4.69) is 31.4 Å². The maximum Gasteiger partial charge on any atom is 0.243 e. The molecule has 0 spiro atoms. The van der Waals surface area contributed by atoms with Gasteiger partial charge in [0.25, 0.3) is 0 Å². The van der Waals surface area contributed by atoms with Gasteiger partial charge in [-0.3, -0.25) is 14.5 Å². The number of hydrogen-bond acceptors (Lipinski definition) is 7. The number of carbonyl (C=O) groups excluding carboxylic acids is 2. The van der Waals surface area contributed by atoms with E-state index >= 15 is 0 Å². The first-order chi connectivity index (χ1) is 16.0. The fourth-order valence-corrected chi connectivity index (χ4v) is 4.92. The van der Waals surface area contributed by atoms with Crippen LogP contribution in [0.15, 0.2) is 22.6 Å². The van der Waals surface area contributed by atoms with Crippen LogP contribution in [0.3, 0.4) is 0 Å². The predicted octanol–water partition coefficient (Wildman–Crippen LogP) is 3.37. The van der Waals surface area contributed by atoms with E-state index in [4.69, 9.17) is 6.42 Å². The van der Waals surface area contributed by atoms with Crippen molar-refractivity contribution >= 4 is 29.3 Å². The van der Waals surface area contributed by atoms with E-state index in [1.807, 2.05) is 6.26 Å². The van der Waals surface area contributed by atoms with Crippen LogP contribution < -0.4 is 10.2 Å². The van der Waals surface area contributed by atoms with E-state index in [-0.39, 0.29) is 24.2 Å². The number of amides is 2. The number of aryl methyl sites for hydroxylation is 1. The fraction of sp³-hybridized carbons (Fsp3) is 0.667. The van der Waals surface area contributed by atoms with Gasteiger partial charge in [0.1, 0.15) is 11.9 Å². The zero-order valence-corrected chi connectivity index (χ0v) is 20.2. The van der Waals surface area contributed by atoms with Gasteiger partial charge < -0.3 is 5.32 Å². The topological polar surface area (TPSA) is 99.9 Å². The van der Waals surface area contributed by atoms with Gasteiger partial charge in [0.15, 0.2) is 5.66 Å². The molecule has 33 heavy (non-hydrogen) atoms. The van der Waals surface area contributed by atoms with E-state index < -0.39 is 11.7 Å². The van der Waals surface area contributed by atoms with Crippen molar-refractivity contribution in [1.29, 1.82) is 0 Å². The largest absolute Gasteiger partial charge is 0.353 e. The minimum Gasteiger partial charge on any atom is -0.353 e. The molecule has 1 unspecified atom stereocenters. The van der Waals surface area contributed by atoms with E-state index in [9.17, 15) is 9.59 Å². The number of aromatic nitrogens is 2. The van der Waals surface area contributed by atoms with E-state index in [0.29, 0.717) is 49.2 Å². The summed E-state index contributed by atoms with van der Waals surface area (Å²) in [5.74, 6) is 5.24. The minimum atomic E-state index is -0.550. The number of terminal acetylenes is 1. The van der Waals surface area contributed by atoms with Gasteiger partial charge in [0.2, 0.25) is 11.8 Å². The fourth-order valence-electron chi connectivity index (χ4n) is 4.61. The molecule has 2 fully saturated rings. The Morgan fingerprint density at radius 3 is 2.64 bits per heavy atom. The lowest BCUT2D eigenvalue weighted by atomic mass is 10.00. The lowest BCUT2D eigenvalue weighted by molar-refractivity contribution is -0.127. The molecule has 2 heterocycles. The Balaban J connectivity index is 1.55. The third kappa shape index (κ3) is 5.91. The molecule has 1 aromatic rings. The first kappa shape index (κ1) is 23.7. The van der Waals surface area contributed by atoms with Crippen LogP contribution in [0.2, 0.25) is 0 Å².